The summed E-state index contributed by atoms with van der Waals surface area (Å²) in [5, 5.41) is 0. The van der Waals surface area contributed by atoms with Crippen LogP contribution in [0, 0.1) is 6.92 Å². The Morgan fingerprint density at radius 2 is 1.77 bits per heavy atom. The molecule has 0 saturated heterocycles. The summed E-state index contributed by atoms with van der Waals surface area (Å²) in [5.41, 5.74) is 3.59. The maximum atomic E-state index is 12.8. The molecule has 0 radical (unpaired) electrons. The highest BCUT2D eigenvalue weighted by molar-refractivity contribution is 6.15. The number of benzene rings is 3. The third-order valence-electron chi connectivity index (χ3n) is 4.82. The molecule has 3 aromatic carbocycles. The zero-order valence-electron chi connectivity index (χ0n) is 16.7. The predicted octanol–water partition coefficient (Wildman–Crippen LogP) is 4.98. The first kappa shape index (κ1) is 19.5. The van der Waals surface area contributed by atoms with Crippen LogP contribution in [0.5, 0.6) is 11.5 Å². The van der Waals surface area contributed by atoms with Gasteiger partial charge in [-0.25, -0.2) is 4.79 Å². The molecular formula is C25H20O5. The van der Waals surface area contributed by atoms with Crippen molar-refractivity contribution in [1.29, 1.82) is 0 Å². The number of ketones is 1. The minimum Gasteiger partial charge on any atom is -0.489 e. The van der Waals surface area contributed by atoms with Gasteiger partial charge in [0.15, 0.2) is 5.76 Å². The Morgan fingerprint density at radius 3 is 2.47 bits per heavy atom. The highest BCUT2D eigenvalue weighted by atomic mass is 16.5. The fourth-order valence-electron chi connectivity index (χ4n) is 3.29. The van der Waals surface area contributed by atoms with E-state index in [-0.39, 0.29) is 11.5 Å². The monoisotopic (exact) mass is 400 g/mol. The van der Waals surface area contributed by atoms with E-state index in [2.05, 4.69) is 0 Å². The Bertz CT molecular complexity index is 1130. The molecule has 1 aliphatic heterocycles. The van der Waals surface area contributed by atoms with Crippen molar-refractivity contribution in [3.8, 4) is 11.5 Å². The number of carbonyl (C=O) groups is 2. The lowest BCUT2D eigenvalue weighted by Crippen LogP contribution is -2.01. The molecule has 4 rings (SSSR count). The van der Waals surface area contributed by atoms with Gasteiger partial charge in [0.2, 0.25) is 5.78 Å². The molecule has 0 bridgehead atoms. The highest BCUT2D eigenvalue weighted by Gasteiger charge is 2.30. The zero-order valence-corrected chi connectivity index (χ0v) is 16.7. The van der Waals surface area contributed by atoms with Crippen molar-refractivity contribution < 1.29 is 23.8 Å². The van der Waals surface area contributed by atoms with Crippen LogP contribution in [0.4, 0.5) is 0 Å². The van der Waals surface area contributed by atoms with Gasteiger partial charge in [-0.3, -0.25) is 4.79 Å². The van der Waals surface area contributed by atoms with Crippen LogP contribution in [0.1, 0.15) is 37.4 Å². The van der Waals surface area contributed by atoms with Gasteiger partial charge < -0.3 is 14.2 Å². The second-order valence-corrected chi connectivity index (χ2v) is 6.94. The van der Waals surface area contributed by atoms with E-state index in [4.69, 9.17) is 14.2 Å². The lowest BCUT2D eigenvalue weighted by atomic mass is 10.0. The van der Waals surface area contributed by atoms with Crippen molar-refractivity contribution in [3.63, 3.8) is 0 Å². The topological polar surface area (TPSA) is 61.8 Å². The third-order valence-corrected chi connectivity index (χ3v) is 4.82. The number of methoxy groups -OCH3 is 1. The van der Waals surface area contributed by atoms with Crippen molar-refractivity contribution in [1.82, 2.24) is 0 Å². The molecule has 0 aromatic heterocycles. The molecular weight excluding hydrogens is 380 g/mol. The summed E-state index contributed by atoms with van der Waals surface area (Å²) in [6.07, 6.45) is 1.66. The molecule has 1 aliphatic rings. The molecule has 1 heterocycles. The van der Waals surface area contributed by atoms with Crippen LogP contribution in [0.25, 0.3) is 6.08 Å². The summed E-state index contributed by atoms with van der Waals surface area (Å²) in [5.74, 6) is 0.786. The summed E-state index contributed by atoms with van der Waals surface area (Å²) < 4.78 is 16.4. The van der Waals surface area contributed by atoms with E-state index >= 15 is 0 Å². The quantitative estimate of drug-likeness (QED) is 0.447. The van der Waals surface area contributed by atoms with Gasteiger partial charge in [0.05, 0.1) is 18.2 Å². The largest absolute Gasteiger partial charge is 0.489 e. The van der Waals surface area contributed by atoms with Crippen LogP contribution >= 0.6 is 0 Å². The number of carbonyl (C=O) groups excluding carboxylic acids is 2. The Morgan fingerprint density at radius 1 is 1.03 bits per heavy atom. The van der Waals surface area contributed by atoms with Crippen LogP contribution in [0.2, 0.25) is 0 Å². The minimum atomic E-state index is -0.409. The summed E-state index contributed by atoms with van der Waals surface area (Å²) in [7, 11) is 1.33. The van der Waals surface area contributed by atoms with Gasteiger partial charge in [-0.05, 0) is 47.9 Å². The number of allylic oxidation sites excluding steroid dienone is 1. The number of hydrogen-bond donors (Lipinski definition) is 0. The standard InChI is InChI=1S/C25H20O5/c1-16-12-20(29-15-18-6-4-3-5-7-18)14-21-23(16)24(26)22(30-21)13-17-8-10-19(11-9-17)25(27)28-2/h3-14H,15H2,1-2H3/b22-13-. The van der Waals surface area contributed by atoms with E-state index < -0.39 is 5.97 Å². The molecule has 0 N–H and O–H groups in total. The average Bonchev–Trinajstić information content (AvgIpc) is 3.08. The second kappa shape index (κ2) is 8.25. The highest BCUT2D eigenvalue weighted by Crippen LogP contribution is 2.37. The molecule has 0 unspecified atom stereocenters. The number of esters is 1. The van der Waals surface area contributed by atoms with Crippen molar-refractivity contribution >= 4 is 17.8 Å². The number of aryl methyl sites for hydroxylation is 1. The first-order chi connectivity index (χ1) is 14.5. The first-order valence-electron chi connectivity index (χ1n) is 9.49. The number of hydrogen-bond acceptors (Lipinski definition) is 5. The summed E-state index contributed by atoms with van der Waals surface area (Å²) >= 11 is 0. The molecule has 0 atom stereocenters. The van der Waals surface area contributed by atoms with E-state index in [9.17, 15) is 9.59 Å². The Balaban J connectivity index is 1.54. The molecule has 3 aromatic rings. The van der Waals surface area contributed by atoms with Crippen molar-refractivity contribution in [2.45, 2.75) is 13.5 Å². The van der Waals surface area contributed by atoms with Crippen LogP contribution in [-0.4, -0.2) is 18.9 Å². The van der Waals surface area contributed by atoms with Crippen LogP contribution in [0.15, 0.2) is 72.5 Å². The van der Waals surface area contributed by atoms with Gasteiger partial charge in [-0.2, -0.15) is 0 Å². The normalized spacial score (nSPS) is 13.7. The average molecular weight is 400 g/mol. The predicted molar refractivity (Wildman–Crippen MR) is 113 cm³/mol. The smallest absolute Gasteiger partial charge is 0.337 e. The van der Waals surface area contributed by atoms with Gasteiger partial charge in [-0.1, -0.05) is 42.5 Å². The van der Waals surface area contributed by atoms with Crippen molar-refractivity contribution in [2.24, 2.45) is 0 Å². The van der Waals surface area contributed by atoms with E-state index in [0.29, 0.717) is 29.2 Å². The molecule has 0 fully saturated rings. The Labute approximate surface area is 174 Å². The molecule has 5 heteroatoms. The van der Waals surface area contributed by atoms with Crippen LogP contribution in [-0.2, 0) is 11.3 Å². The van der Waals surface area contributed by atoms with Crippen LogP contribution < -0.4 is 9.47 Å². The summed E-state index contributed by atoms with van der Waals surface area (Å²) in [6.45, 7) is 2.30. The number of Topliss-reactive ketones (excluding diaryl/α,β-unsaturated/α-hetero) is 1. The molecule has 30 heavy (non-hydrogen) atoms. The molecule has 5 nitrogen and oxygen atoms in total. The lowest BCUT2D eigenvalue weighted by molar-refractivity contribution is 0.0600. The van der Waals surface area contributed by atoms with Gasteiger partial charge in [0.25, 0.3) is 0 Å². The van der Waals surface area contributed by atoms with Crippen LogP contribution in [0.3, 0.4) is 0 Å². The van der Waals surface area contributed by atoms with E-state index in [0.717, 1.165) is 16.7 Å². The number of fused-ring (bicyclic) bond motifs is 1. The zero-order chi connectivity index (χ0) is 21.1. The SMILES string of the molecule is COC(=O)c1ccc(/C=C2\Oc3cc(OCc4ccccc4)cc(C)c3C2=O)cc1. The van der Waals surface area contributed by atoms with Crippen molar-refractivity contribution in [3.05, 3.63) is 100 Å². The van der Waals surface area contributed by atoms with Gasteiger partial charge in [0.1, 0.15) is 18.1 Å². The van der Waals surface area contributed by atoms with Gasteiger partial charge in [-0.15, -0.1) is 0 Å². The molecule has 150 valence electrons. The number of ether oxygens (including phenoxy) is 3. The summed E-state index contributed by atoms with van der Waals surface area (Å²) in [6, 6.07) is 20.2. The minimum absolute atomic E-state index is 0.172. The Kier molecular flexibility index (Phi) is 5.35. The maximum Gasteiger partial charge on any atom is 0.337 e. The fraction of sp³-hybridized carbons (Fsp3) is 0.120. The summed E-state index contributed by atoms with van der Waals surface area (Å²) in [4.78, 5) is 24.4. The first-order valence-corrected chi connectivity index (χ1v) is 9.49. The van der Waals surface area contributed by atoms with E-state index in [1.165, 1.54) is 7.11 Å². The lowest BCUT2D eigenvalue weighted by Gasteiger charge is -2.09. The molecule has 0 saturated carbocycles. The molecule has 0 amide bonds. The Hall–Kier alpha value is -3.86. The number of rotatable bonds is 5. The van der Waals surface area contributed by atoms with E-state index in [1.807, 2.05) is 43.3 Å². The third kappa shape index (κ3) is 3.96. The maximum absolute atomic E-state index is 12.8. The fourth-order valence-corrected chi connectivity index (χ4v) is 3.29. The van der Waals surface area contributed by atoms with Crippen molar-refractivity contribution in [2.75, 3.05) is 7.11 Å². The van der Waals surface area contributed by atoms with Gasteiger partial charge in [0, 0.05) is 6.07 Å². The molecule has 0 spiro atoms. The second-order valence-electron chi connectivity index (χ2n) is 6.94. The van der Waals surface area contributed by atoms with Gasteiger partial charge >= 0.3 is 5.97 Å². The molecule has 0 aliphatic carbocycles. The van der Waals surface area contributed by atoms with E-state index in [1.54, 1.807) is 36.4 Å².